The number of hydrogen-bond donors (Lipinski definition) is 2. The van der Waals surface area contributed by atoms with Crippen molar-refractivity contribution in [3.63, 3.8) is 0 Å². The molecule has 0 saturated carbocycles. The number of nitrogens with two attached hydrogens (primary N) is 1. The molecule has 0 saturated heterocycles. The maximum atomic E-state index is 13.0. The molecule has 0 aliphatic carbocycles. The maximum Gasteiger partial charge on any atom is 0.250 e. The van der Waals surface area contributed by atoms with E-state index in [9.17, 15) is 18.8 Å². The van der Waals surface area contributed by atoms with Gasteiger partial charge in [0.2, 0.25) is 5.91 Å². The van der Waals surface area contributed by atoms with Gasteiger partial charge in [0.25, 0.3) is 5.91 Å². The summed E-state index contributed by atoms with van der Waals surface area (Å²) < 4.78 is 13.0. The summed E-state index contributed by atoms with van der Waals surface area (Å²) in [6.45, 7) is 0. The van der Waals surface area contributed by atoms with Gasteiger partial charge in [-0.05, 0) is 18.2 Å². The number of halogens is 1. The van der Waals surface area contributed by atoms with Crippen molar-refractivity contribution in [1.29, 1.82) is 0 Å². The number of benzene rings is 1. The van der Waals surface area contributed by atoms with Crippen LogP contribution in [0.1, 0.15) is 23.2 Å². The van der Waals surface area contributed by atoms with Gasteiger partial charge in [-0.3, -0.25) is 9.59 Å². The molecule has 0 unspecified atom stereocenters. The van der Waals surface area contributed by atoms with Crippen LogP contribution in [-0.4, -0.2) is 18.1 Å². The van der Waals surface area contributed by atoms with E-state index in [1.807, 2.05) is 0 Å². The van der Waals surface area contributed by atoms with Gasteiger partial charge >= 0.3 is 0 Å². The Labute approximate surface area is 96.8 Å². The Bertz CT molecular complexity index is 460. The molecule has 0 aliphatic rings. The van der Waals surface area contributed by atoms with Crippen LogP contribution in [0.4, 0.5) is 10.1 Å². The molecule has 2 amide bonds. The standard InChI is InChI=1S/C11H11FN2O3/c12-7-3-4-8(11(13)17)9(6-7)14-10(16)2-1-5-15/h3-6H,1-2H2,(H2,13,17)(H,14,16). The van der Waals surface area contributed by atoms with Crippen molar-refractivity contribution < 1.29 is 18.8 Å². The van der Waals surface area contributed by atoms with E-state index in [-0.39, 0.29) is 24.1 Å². The minimum atomic E-state index is -0.768. The minimum absolute atomic E-state index is 0.00778. The van der Waals surface area contributed by atoms with Gasteiger partial charge in [-0.15, -0.1) is 0 Å². The minimum Gasteiger partial charge on any atom is -0.366 e. The molecule has 1 aromatic carbocycles. The summed E-state index contributed by atoms with van der Waals surface area (Å²) in [6.07, 6.45) is 0.630. The smallest absolute Gasteiger partial charge is 0.250 e. The number of aldehydes is 1. The lowest BCUT2D eigenvalue weighted by Crippen LogP contribution is -2.18. The monoisotopic (exact) mass is 238 g/mol. The van der Waals surface area contributed by atoms with Crippen LogP contribution in [0.5, 0.6) is 0 Å². The van der Waals surface area contributed by atoms with Crippen LogP contribution in [0.3, 0.4) is 0 Å². The topological polar surface area (TPSA) is 89.3 Å². The highest BCUT2D eigenvalue weighted by molar-refractivity contribution is 6.03. The summed E-state index contributed by atoms with van der Waals surface area (Å²) in [5.41, 5.74) is 5.10. The van der Waals surface area contributed by atoms with Gasteiger partial charge in [-0.2, -0.15) is 0 Å². The molecule has 0 bridgehead atoms. The molecule has 0 spiro atoms. The van der Waals surface area contributed by atoms with Gasteiger partial charge < -0.3 is 15.8 Å². The van der Waals surface area contributed by atoms with Gasteiger partial charge in [0.15, 0.2) is 0 Å². The molecule has 0 fully saturated rings. The second-order valence-electron chi connectivity index (χ2n) is 3.31. The predicted molar refractivity (Wildman–Crippen MR) is 58.8 cm³/mol. The maximum absolute atomic E-state index is 13.0. The number of rotatable bonds is 5. The van der Waals surface area contributed by atoms with Crippen molar-refractivity contribution in [3.8, 4) is 0 Å². The summed E-state index contributed by atoms with van der Waals surface area (Å²) in [7, 11) is 0. The van der Waals surface area contributed by atoms with Crippen LogP contribution >= 0.6 is 0 Å². The second kappa shape index (κ2) is 5.74. The lowest BCUT2D eigenvalue weighted by molar-refractivity contribution is -0.118. The summed E-state index contributed by atoms with van der Waals surface area (Å²) >= 11 is 0. The summed E-state index contributed by atoms with van der Waals surface area (Å²) in [5.74, 6) is -1.85. The Hall–Kier alpha value is -2.24. The van der Waals surface area contributed by atoms with Crippen molar-refractivity contribution >= 4 is 23.8 Å². The molecule has 3 N–H and O–H groups in total. The van der Waals surface area contributed by atoms with Crippen molar-refractivity contribution in [1.82, 2.24) is 0 Å². The van der Waals surface area contributed by atoms with Crippen molar-refractivity contribution in [2.75, 3.05) is 5.32 Å². The fraction of sp³-hybridized carbons (Fsp3) is 0.182. The Balaban J connectivity index is 2.88. The van der Waals surface area contributed by atoms with E-state index in [1.54, 1.807) is 0 Å². The molecule has 6 heteroatoms. The van der Waals surface area contributed by atoms with Crippen LogP contribution < -0.4 is 11.1 Å². The third-order valence-electron chi connectivity index (χ3n) is 2.01. The molecule has 5 nitrogen and oxygen atoms in total. The Morgan fingerprint density at radius 1 is 1.41 bits per heavy atom. The first-order valence-electron chi connectivity index (χ1n) is 4.87. The Kier molecular flexibility index (Phi) is 4.33. The highest BCUT2D eigenvalue weighted by atomic mass is 19.1. The number of nitrogens with one attached hydrogen (secondary N) is 1. The third kappa shape index (κ3) is 3.67. The first-order chi connectivity index (χ1) is 8.04. The molecule has 17 heavy (non-hydrogen) atoms. The lowest BCUT2D eigenvalue weighted by atomic mass is 10.1. The fourth-order valence-corrected chi connectivity index (χ4v) is 1.24. The van der Waals surface area contributed by atoms with Gasteiger partial charge in [0, 0.05) is 12.8 Å². The average molecular weight is 238 g/mol. The number of carbonyl (C=O) groups excluding carboxylic acids is 3. The van der Waals surface area contributed by atoms with E-state index < -0.39 is 17.6 Å². The Morgan fingerprint density at radius 3 is 2.71 bits per heavy atom. The van der Waals surface area contributed by atoms with Crippen molar-refractivity contribution in [2.24, 2.45) is 5.73 Å². The summed E-state index contributed by atoms with van der Waals surface area (Å²) in [6, 6.07) is 3.26. The molecule has 0 heterocycles. The zero-order valence-electron chi connectivity index (χ0n) is 8.90. The molecule has 0 aliphatic heterocycles. The number of primary amides is 1. The predicted octanol–water partition coefficient (Wildman–Crippen LogP) is 0.842. The normalized spacial score (nSPS) is 9.71. The van der Waals surface area contributed by atoms with Crippen LogP contribution in [-0.2, 0) is 9.59 Å². The fourth-order valence-electron chi connectivity index (χ4n) is 1.24. The van der Waals surface area contributed by atoms with Crippen LogP contribution in [0.25, 0.3) is 0 Å². The van der Waals surface area contributed by atoms with E-state index >= 15 is 0 Å². The SMILES string of the molecule is NC(=O)c1ccc(F)cc1NC(=O)CCC=O. The molecular weight excluding hydrogens is 227 g/mol. The number of amides is 2. The first-order valence-corrected chi connectivity index (χ1v) is 4.87. The van der Waals surface area contributed by atoms with Crippen LogP contribution in [0, 0.1) is 5.82 Å². The van der Waals surface area contributed by atoms with E-state index in [0.717, 1.165) is 12.1 Å². The zero-order chi connectivity index (χ0) is 12.8. The lowest BCUT2D eigenvalue weighted by Gasteiger charge is -2.08. The third-order valence-corrected chi connectivity index (χ3v) is 2.01. The number of anilines is 1. The van der Waals surface area contributed by atoms with E-state index in [2.05, 4.69) is 5.32 Å². The highest BCUT2D eigenvalue weighted by Gasteiger charge is 2.11. The molecule has 1 rings (SSSR count). The quantitative estimate of drug-likeness (QED) is 0.745. The average Bonchev–Trinajstić information content (AvgIpc) is 2.26. The molecular formula is C11H11FN2O3. The van der Waals surface area contributed by atoms with E-state index in [4.69, 9.17) is 5.73 Å². The van der Waals surface area contributed by atoms with E-state index in [1.165, 1.54) is 6.07 Å². The molecule has 0 atom stereocenters. The largest absolute Gasteiger partial charge is 0.366 e. The number of hydrogen-bond acceptors (Lipinski definition) is 3. The van der Waals surface area contributed by atoms with Crippen LogP contribution in [0.15, 0.2) is 18.2 Å². The molecule has 0 radical (unpaired) electrons. The molecule has 90 valence electrons. The van der Waals surface area contributed by atoms with Crippen molar-refractivity contribution in [3.05, 3.63) is 29.6 Å². The number of carbonyl (C=O) groups is 3. The van der Waals surface area contributed by atoms with Gasteiger partial charge in [0.05, 0.1) is 11.3 Å². The van der Waals surface area contributed by atoms with Crippen molar-refractivity contribution in [2.45, 2.75) is 12.8 Å². The zero-order valence-corrected chi connectivity index (χ0v) is 8.90. The van der Waals surface area contributed by atoms with Gasteiger partial charge in [-0.1, -0.05) is 0 Å². The first kappa shape index (κ1) is 12.8. The summed E-state index contributed by atoms with van der Waals surface area (Å²) in [4.78, 5) is 32.4. The van der Waals surface area contributed by atoms with Gasteiger partial charge in [0.1, 0.15) is 12.1 Å². The highest BCUT2D eigenvalue weighted by Crippen LogP contribution is 2.17. The van der Waals surface area contributed by atoms with E-state index in [0.29, 0.717) is 6.29 Å². The second-order valence-corrected chi connectivity index (χ2v) is 3.31. The molecule has 1 aromatic rings. The summed E-state index contributed by atoms with van der Waals surface area (Å²) in [5, 5.41) is 2.33. The Morgan fingerprint density at radius 2 is 2.12 bits per heavy atom. The van der Waals surface area contributed by atoms with Gasteiger partial charge in [-0.25, -0.2) is 4.39 Å². The van der Waals surface area contributed by atoms with Crippen LogP contribution in [0.2, 0.25) is 0 Å². The molecule has 0 aromatic heterocycles.